The maximum Gasteiger partial charge on any atom is 0.179 e. The monoisotopic (exact) mass is 246 g/mol. The van der Waals surface area contributed by atoms with Gasteiger partial charge in [0.15, 0.2) is 11.9 Å². The molecule has 0 aromatic carbocycles. The molecule has 3 heterocycles. The fourth-order valence-corrected chi connectivity index (χ4v) is 2.24. The second-order valence-electron chi connectivity index (χ2n) is 5.07. The largest absolute Gasteiger partial charge is 0.356 e. The molecule has 1 aliphatic rings. The van der Waals surface area contributed by atoms with E-state index in [2.05, 4.69) is 28.9 Å². The average molecular weight is 246 g/mol. The Morgan fingerprint density at radius 2 is 2.22 bits per heavy atom. The van der Waals surface area contributed by atoms with E-state index in [4.69, 9.17) is 4.74 Å². The van der Waals surface area contributed by atoms with Crippen LogP contribution in [0.5, 0.6) is 0 Å². The summed E-state index contributed by atoms with van der Waals surface area (Å²) in [6.07, 6.45) is 6.95. The molecule has 0 bridgehead atoms. The Morgan fingerprint density at radius 3 is 2.94 bits per heavy atom. The van der Waals surface area contributed by atoms with Gasteiger partial charge in [0, 0.05) is 12.8 Å². The predicted octanol–water partition coefficient (Wildman–Crippen LogP) is 2.65. The maximum atomic E-state index is 5.76. The van der Waals surface area contributed by atoms with Gasteiger partial charge in [-0.2, -0.15) is 5.10 Å². The minimum Gasteiger partial charge on any atom is -0.356 e. The fraction of sp³-hybridized carbons (Fsp3) is 0.615. The highest BCUT2D eigenvalue weighted by Crippen LogP contribution is 2.25. The molecule has 5 nitrogen and oxygen atoms in total. The van der Waals surface area contributed by atoms with E-state index >= 15 is 0 Å². The van der Waals surface area contributed by atoms with Crippen LogP contribution in [0.1, 0.15) is 50.9 Å². The number of hydrogen-bond donors (Lipinski definition) is 0. The molecule has 0 N–H and O–H groups in total. The van der Waals surface area contributed by atoms with Gasteiger partial charge >= 0.3 is 0 Å². The van der Waals surface area contributed by atoms with E-state index in [9.17, 15) is 0 Å². The zero-order valence-corrected chi connectivity index (χ0v) is 10.8. The Labute approximate surface area is 106 Å². The summed E-state index contributed by atoms with van der Waals surface area (Å²) in [4.78, 5) is 9.08. The van der Waals surface area contributed by atoms with Crippen molar-refractivity contribution in [3.05, 3.63) is 18.1 Å². The van der Waals surface area contributed by atoms with E-state index in [1.165, 1.54) is 6.42 Å². The molecule has 1 saturated heterocycles. The molecule has 18 heavy (non-hydrogen) atoms. The number of fused-ring (bicyclic) bond motifs is 1. The molecule has 1 aliphatic heterocycles. The van der Waals surface area contributed by atoms with Crippen LogP contribution in [-0.4, -0.2) is 26.4 Å². The van der Waals surface area contributed by atoms with Crippen LogP contribution in [0.3, 0.4) is 0 Å². The molecular weight excluding hydrogens is 228 g/mol. The van der Waals surface area contributed by atoms with Crippen LogP contribution >= 0.6 is 0 Å². The molecular formula is C13H18N4O. The molecule has 0 radical (unpaired) electrons. The highest BCUT2D eigenvalue weighted by atomic mass is 16.5. The number of hydrogen-bond acceptors (Lipinski definition) is 4. The van der Waals surface area contributed by atoms with E-state index in [1.807, 2.05) is 10.9 Å². The molecule has 0 saturated carbocycles. The van der Waals surface area contributed by atoms with E-state index in [0.29, 0.717) is 5.92 Å². The smallest absolute Gasteiger partial charge is 0.179 e. The lowest BCUT2D eigenvalue weighted by Crippen LogP contribution is -2.19. The first-order chi connectivity index (χ1) is 8.75. The third kappa shape index (κ3) is 1.99. The van der Waals surface area contributed by atoms with Crippen LogP contribution in [0.2, 0.25) is 0 Å². The van der Waals surface area contributed by atoms with Gasteiger partial charge in [-0.25, -0.2) is 14.6 Å². The molecule has 0 aliphatic carbocycles. The van der Waals surface area contributed by atoms with Crippen LogP contribution < -0.4 is 0 Å². The summed E-state index contributed by atoms with van der Waals surface area (Å²) in [6.45, 7) is 5.05. The zero-order chi connectivity index (χ0) is 12.5. The van der Waals surface area contributed by atoms with Crippen molar-refractivity contribution in [3.8, 4) is 0 Å². The minimum atomic E-state index is 0.0213. The van der Waals surface area contributed by atoms with Crippen LogP contribution in [0.25, 0.3) is 11.2 Å². The van der Waals surface area contributed by atoms with Gasteiger partial charge in [-0.15, -0.1) is 0 Å². The van der Waals surface area contributed by atoms with Gasteiger partial charge < -0.3 is 4.74 Å². The summed E-state index contributed by atoms with van der Waals surface area (Å²) < 4.78 is 7.65. The average Bonchev–Trinajstić information content (AvgIpc) is 2.82. The van der Waals surface area contributed by atoms with Gasteiger partial charge in [0.05, 0.1) is 11.9 Å². The Kier molecular flexibility index (Phi) is 2.99. The summed E-state index contributed by atoms with van der Waals surface area (Å²) in [6, 6.07) is 0. The van der Waals surface area contributed by atoms with E-state index < -0.39 is 0 Å². The highest BCUT2D eigenvalue weighted by Gasteiger charge is 2.20. The second kappa shape index (κ2) is 4.65. The first-order valence-electron chi connectivity index (χ1n) is 6.57. The van der Waals surface area contributed by atoms with Crippen molar-refractivity contribution in [2.45, 2.75) is 45.3 Å². The summed E-state index contributed by atoms with van der Waals surface area (Å²) in [7, 11) is 0. The SMILES string of the molecule is CC(C)c1cnc2cnn(C3CCCCO3)c2n1. The Morgan fingerprint density at radius 1 is 1.33 bits per heavy atom. The third-order valence-electron chi connectivity index (χ3n) is 3.34. The lowest BCUT2D eigenvalue weighted by atomic mass is 10.1. The van der Waals surface area contributed by atoms with Gasteiger partial charge in [0.1, 0.15) is 5.52 Å². The quantitative estimate of drug-likeness (QED) is 0.817. The fourth-order valence-electron chi connectivity index (χ4n) is 2.24. The molecule has 0 spiro atoms. The van der Waals surface area contributed by atoms with Gasteiger partial charge in [-0.05, 0) is 25.2 Å². The Bertz CT molecular complexity index is 543. The maximum absolute atomic E-state index is 5.76. The van der Waals surface area contributed by atoms with E-state index in [0.717, 1.165) is 36.3 Å². The first-order valence-corrected chi connectivity index (χ1v) is 6.57. The molecule has 2 aromatic rings. The minimum absolute atomic E-state index is 0.0213. The van der Waals surface area contributed by atoms with Crippen LogP contribution in [-0.2, 0) is 4.74 Å². The van der Waals surface area contributed by atoms with Gasteiger partial charge in [-0.1, -0.05) is 13.8 Å². The molecule has 3 rings (SSSR count). The Balaban J connectivity index is 2.03. The molecule has 2 aromatic heterocycles. The van der Waals surface area contributed by atoms with Gasteiger partial charge in [0.2, 0.25) is 0 Å². The number of ether oxygens (including phenoxy) is 1. The van der Waals surface area contributed by atoms with E-state index in [-0.39, 0.29) is 6.23 Å². The van der Waals surface area contributed by atoms with Crippen molar-refractivity contribution >= 4 is 11.2 Å². The van der Waals surface area contributed by atoms with Crippen LogP contribution in [0.4, 0.5) is 0 Å². The standard InChI is InChI=1S/C13H18N4O/c1-9(2)10-7-14-11-8-15-17(13(11)16-10)12-5-3-4-6-18-12/h7-9,12H,3-6H2,1-2H3. The zero-order valence-electron chi connectivity index (χ0n) is 10.8. The third-order valence-corrected chi connectivity index (χ3v) is 3.34. The molecule has 0 amide bonds. The summed E-state index contributed by atoms with van der Waals surface area (Å²) in [5, 5.41) is 4.39. The molecule has 1 unspecified atom stereocenters. The number of aromatic nitrogens is 4. The molecule has 96 valence electrons. The highest BCUT2D eigenvalue weighted by molar-refractivity contribution is 5.69. The Hall–Kier alpha value is -1.49. The summed E-state index contributed by atoms with van der Waals surface area (Å²) in [5.41, 5.74) is 2.68. The van der Waals surface area contributed by atoms with Crippen molar-refractivity contribution in [1.29, 1.82) is 0 Å². The molecule has 1 atom stereocenters. The number of rotatable bonds is 2. The van der Waals surface area contributed by atoms with Crippen molar-refractivity contribution in [2.24, 2.45) is 0 Å². The predicted molar refractivity (Wildman–Crippen MR) is 68.3 cm³/mol. The van der Waals surface area contributed by atoms with Crippen LogP contribution in [0.15, 0.2) is 12.4 Å². The molecule has 1 fully saturated rings. The summed E-state index contributed by atoms with van der Waals surface area (Å²) >= 11 is 0. The van der Waals surface area contributed by atoms with Crippen molar-refractivity contribution in [1.82, 2.24) is 19.7 Å². The van der Waals surface area contributed by atoms with E-state index in [1.54, 1.807) is 6.20 Å². The van der Waals surface area contributed by atoms with Crippen molar-refractivity contribution in [3.63, 3.8) is 0 Å². The number of nitrogens with zero attached hydrogens (tertiary/aromatic N) is 4. The molecule has 5 heteroatoms. The lowest BCUT2D eigenvalue weighted by molar-refractivity contribution is -0.0370. The van der Waals surface area contributed by atoms with Crippen molar-refractivity contribution < 1.29 is 4.74 Å². The van der Waals surface area contributed by atoms with Gasteiger partial charge in [0.25, 0.3) is 0 Å². The summed E-state index contributed by atoms with van der Waals surface area (Å²) in [5.74, 6) is 0.373. The lowest BCUT2D eigenvalue weighted by Gasteiger charge is -2.23. The van der Waals surface area contributed by atoms with Crippen LogP contribution in [0, 0.1) is 0 Å². The van der Waals surface area contributed by atoms with Gasteiger partial charge in [-0.3, -0.25) is 0 Å². The first kappa shape index (κ1) is 11.6. The second-order valence-corrected chi connectivity index (χ2v) is 5.07. The topological polar surface area (TPSA) is 52.8 Å². The normalized spacial score (nSPS) is 20.7. The van der Waals surface area contributed by atoms with Crippen molar-refractivity contribution in [2.75, 3.05) is 6.61 Å².